The summed E-state index contributed by atoms with van der Waals surface area (Å²) in [7, 11) is 0. The van der Waals surface area contributed by atoms with E-state index in [1.807, 2.05) is 52.0 Å². The van der Waals surface area contributed by atoms with E-state index in [2.05, 4.69) is 0 Å². The number of nitrogens with zero attached hydrogens (tertiary/aromatic N) is 1. The van der Waals surface area contributed by atoms with Crippen LogP contribution < -0.4 is 0 Å². The number of carboxylic acids is 1. The molecule has 0 fully saturated rings. The number of hydrogen-bond donors (Lipinski definition) is 1. The van der Waals surface area contributed by atoms with Crippen molar-refractivity contribution in [2.75, 3.05) is 0 Å². The summed E-state index contributed by atoms with van der Waals surface area (Å²) in [6.45, 7) is 8.23. The first-order valence-corrected chi connectivity index (χ1v) is 6.48. The maximum atomic E-state index is 12.1. The molecular weight excluding hydrogens is 254 g/mol. The molecule has 0 heterocycles. The van der Waals surface area contributed by atoms with Crippen LogP contribution in [0.2, 0.25) is 0 Å². The number of carboxylic acid groups (broad SMARTS) is 1. The van der Waals surface area contributed by atoms with Crippen LogP contribution in [0.15, 0.2) is 36.4 Å². The van der Waals surface area contributed by atoms with Crippen molar-refractivity contribution >= 4 is 11.9 Å². The summed E-state index contributed by atoms with van der Waals surface area (Å²) in [5.41, 5.74) is 1.79. The minimum atomic E-state index is -1.12. The van der Waals surface area contributed by atoms with Crippen molar-refractivity contribution in [2.24, 2.45) is 0 Å². The normalized spacial score (nSPS) is 11.6. The van der Waals surface area contributed by atoms with Crippen molar-refractivity contribution in [1.82, 2.24) is 4.90 Å². The van der Waals surface area contributed by atoms with Gasteiger partial charge in [-0.2, -0.15) is 0 Å². The Bertz CT molecular complexity index is 510. The first kappa shape index (κ1) is 16.0. The molecule has 0 aliphatic rings. The van der Waals surface area contributed by atoms with Gasteiger partial charge in [-0.15, -0.1) is 0 Å². The molecule has 0 atom stereocenters. The van der Waals surface area contributed by atoms with Gasteiger partial charge in [0.15, 0.2) is 0 Å². The Morgan fingerprint density at radius 3 is 2.15 bits per heavy atom. The molecule has 0 spiro atoms. The zero-order chi connectivity index (χ0) is 15.3. The summed E-state index contributed by atoms with van der Waals surface area (Å²) >= 11 is 0. The third kappa shape index (κ3) is 4.88. The number of aliphatic carboxylic acids is 1. The summed E-state index contributed by atoms with van der Waals surface area (Å²) in [5, 5.41) is 8.61. The SMILES string of the molecule is Cc1ccc(CN(C(=O)C=CC(=O)O)C(C)(C)C)cc1. The van der Waals surface area contributed by atoms with Crippen LogP contribution in [0.25, 0.3) is 0 Å². The lowest BCUT2D eigenvalue weighted by atomic mass is 10.0. The monoisotopic (exact) mass is 275 g/mol. The summed E-state index contributed by atoms with van der Waals surface area (Å²) in [4.78, 5) is 24.3. The predicted molar refractivity (Wildman–Crippen MR) is 78.3 cm³/mol. The van der Waals surface area contributed by atoms with Gasteiger partial charge < -0.3 is 10.0 Å². The first-order chi connectivity index (χ1) is 9.20. The van der Waals surface area contributed by atoms with E-state index in [1.54, 1.807) is 4.90 Å². The van der Waals surface area contributed by atoms with Crippen molar-refractivity contribution in [2.45, 2.75) is 39.8 Å². The molecule has 1 amide bonds. The maximum absolute atomic E-state index is 12.1. The lowest BCUT2D eigenvalue weighted by molar-refractivity contribution is -0.134. The van der Waals surface area contributed by atoms with Gasteiger partial charge in [0.2, 0.25) is 5.91 Å². The van der Waals surface area contributed by atoms with Crippen LogP contribution in [-0.2, 0) is 16.1 Å². The van der Waals surface area contributed by atoms with Gasteiger partial charge in [0.1, 0.15) is 0 Å². The van der Waals surface area contributed by atoms with Crippen molar-refractivity contribution in [3.05, 3.63) is 47.5 Å². The Morgan fingerprint density at radius 1 is 1.15 bits per heavy atom. The van der Waals surface area contributed by atoms with E-state index in [1.165, 1.54) is 0 Å². The summed E-state index contributed by atoms with van der Waals surface area (Å²) in [5.74, 6) is -1.43. The fourth-order valence-corrected chi connectivity index (χ4v) is 1.75. The van der Waals surface area contributed by atoms with Crippen LogP contribution in [0.3, 0.4) is 0 Å². The molecule has 0 radical (unpaired) electrons. The van der Waals surface area contributed by atoms with Gasteiger partial charge in [0, 0.05) is 24.2 Å². The Hall–Kier alpha value is -2.10. The van der Waals surface area contributed by atoms with Crippen LogP contribution in [0.1, 0.15) is 31.9 Å². The quantitative estimate of drug-likeness (QED) is 0.860. The number of carbonyl (C=O) groups is 2. The minimum Gasteiger partial charge on any atom is -0.478 e. The van der Waals surface area contributed by atoms with E-state index in [0.717, 1.165) is 23.3 Å². The van der Waals surface area contributed by atoms with E-state index in [-0.39, 0.29) is 11.4 Å². The van der Waals surface area contributed by atoms with Crippen LogP contribution in [0.5, 0.6) is 0 Å². The molecule has 20 heavy (non-hydrogen) atoms. The second-order valence-corrected chi connectivity index (χ2v) is 5.75. The van der Waals surface area contributed by atoms with Crippen LogP contribution >= 0.6 is 0 Å². The van der Waals surface area contributed by atoms with Crippen molar-refractivity contribution < 1.29 is 14.7 Å². The molecule has 1 aromatic carbocycles. The number of hydrogen-bond acceptors (Lipinski definition) is 2. The van der Waals surface area contributed by atoms with E-state index < -0.39 is 5.97 Å². The van der Waals surface area contributed by atoms with Crippen molar-refractivity contribution in [1.29, 1.82) is 0 Å². The molecule has 0 aliphatic carbocycles. The average Bonchev–Trinajstić information content (AvgIpc) is 2.33. The smallest absolute Gasteiger partial charge is 0.328 e. The molecule has 0 aromatic heterocycles. The van der Waals surface area contributed by atoms with Gasteiger partial charge in [0.05, 0.1) is 0 Å². The highest BCUT2D eigenvalue weighted by atomic mass is 16.4. The lowest BCUT2D eigenvalue weighted by Crippen LogP contribution is -2.44. The van der Waals surface area contributed by atoms with Crippen LogP contribution in [0.4, 0.5) is 0 Å². The average molecular weight is 275 g/mol. The fourth-order valence-electron chi connectivity index (χ4n) is 1.75. The zero-order valence-corrected chi connectivity index (χ0v) is 12.4. The van der Waals surface area contributed by atoms with Gasteiger partial charge in [-0.1, -0.05) is 29.8 Å². The lowest BCUT2D eigenvalue weighted by Gasteiger charge is -2.35. The molecule has 1 N–H and O–H groups in total. The van der Waals surface area contributed by atoms with Crippen molar-refractivity contribution in [3.63, 3.8) is 0 Å². The Balaban J connectivity index is 2.93. The second-order valence-electron chi connectivity index (χ2n) is 5.75. The molecule has 0 bridgehead atoms. The number of benzene rings is 1. The number of aryl methyl sites for hydroxylation is 1. The largest absolute Gasteiger partial charge is 0.478 e. The maximum Gasteiger partial charge on any atom is 0.328 e. The van der Waals surface area contributed by atoms with Gasteiger partial charge in [-0.3, -0.25) is 4.79 Å². The molecule has 1 rings (SSSR count). The van der Waals surface area contributed by atoms with E-state index >= 15 is 0 Å². The molecule has 0 saturated carbocycles. The third-order valence-electron chi connectivity index (χ3n) is 2.91. The highest BCUT2D eigenvalue weighted by Gasteiger charge is 2.25. The van der Waals surface area contributed by atoms with Crippen LogP contribution in [0, 0.1) is 6.92 Å². The van der Waals surface area contributed by atoms with Gasteiger partial charge in [0.25, 0.3) is 0 Å². The summed E-state index contributed by atoms with van der Waals surface area (Å²) < 4.78 is 0. The number of amides is 1. The fraction of sp³-hybridized carbons (Fsp3) is 0.375. The van der Waals surface area contributed by atoms with E-state index in [4.69, 9.17) is 5.11 Å². The topological polar surface area (TPSA) is 57.6 Å². The van der Waals surface area contributed by atoms with E-state index in [0.29, 0.717) is 6.54 Å². The van der Waals surface area contributed by atoms with Gasteiger partial charge in [-0.25, -0.2) is 4.79 Å². The zero-order valence-electron chi connectivity index (χ0n) is 12.4. The standard InChI is InChI=1S/C16H21NO3/c1-12-5-7-13(8-6-12)11-17(16(2,3)4)14(18)9-10-15(19)20/h5-10H,11H2,1-4H3,(H,19,20). The first-order valence-electron chi connectivity index (χ1n) is 6.48. The summed E-state index contributed by atoms with van der Waals surface area (Å²) in [6, 6.07) is 7.94. The second kappa shape index (κ2) is 6.37. The molecule has 108 valence electrons. The Labute approximate surface area is 119 Å². The number of carbonyl (C=O) groups excluding carboxylic acids is 1. The molecule has 1 aromatic rings. The molecule has 0 aliphatic heterocycles. The van der Waals surface area contributed by atoms with Gasteiger partial charge in [-0.05, 0) is 33.3 Å². The summed E-state index contributed by atoms with van der Waals surface area (Å²) in [6.07, 6.45) is 1.97. The van der Waals surface area contributed by atoms with Gasteiger partial charge >= 0.3 is 5.97 Å². The van der Waals surface area contributed by atoms with Crippen molar-refractivity contribution in [3.8, 4) is 0 Å². The van der Waals surface area contributed by atoms with E-state index in [9.17, 15) is 9.59 Å². The third-order valence-corrected chi connectivity index (χ3v) is 2.91. The molecular formula is C16H21NO3. The molecule has 0 unspecified atom stereocenters. The highest BCUT2D eigenvalue weighted by Crippen LogP contribution is 2.18. The Kier molecular flexibility index (Phi) is 5.08. The molecule has 4 nitrogen and oxygen atoms in total. The van der Waals surface area contributed by atoms with Crippen LogP contribution in [-0.4, -0.2) is 27.4 Å². The minimum absolute atomic E-state index is 0.305. The molecule has 4 heteroatoms. The Morgan fingerprint density at radius 2 is 1.70 bits per heavy atom. The predicted octanol–water partition coefficient (Wildman–Crippen LogP) is 2.76. The molecule has 0 saturated heterocycles. The number of rotatable bonds is 4. The highest BCUT2D eigenvalue weighted by molar-refractivity contribution is 5.94.